The molecule has 18 heavy (non-hydrogen) atoms. The maximum absolute atomic E-state index is 6.14. The van der Waals surface area contributed by atoms with Crippen molar-refractivity contribution in [2.75, 3.05) is 6.79 Å². The smallest absolute Gasteiger partial charge is 0.231 e. The first kappa shape index (κ1) is 11.1. The van der Waals surface area contributed by atoms with E-state index in [1.54, 1.807) is 12.5 Å². The van der Waals surface area contributed by atoms with Crippen LogP contribution in [0, 0.1) is 0 Å². The maximum atomic E-state index is 6.14. The molecule has 0 spiro atoms. The van der Waals surface area contributed by atoms with Crippen molar-refractivity contribution in [3.63, 3.8) is 0 Å². The second kappa shape index (κ2) is 3.74. The third kappa shape index (κ3) is 1.73. The zero-order chi connectivity index (χ0) is 12.8. The molecule has 0 fully saturated rings. The molecule has 0 aliphatic carbocycles. The van der Waals surface area contributed by atoms with Crippen LogP contribution in [-0.2, 0) is 5.54 Å². The molecule has 5 heteroatoms. The van der Waals surface area contributed by atoms with E-state index in [9.17, 15) is 0 Å². The van der Waals surface area contributed by atoms with Gasteiger partial charge >= 0.3 is 0 Å². The molecule has 0 radical (unpaired) electrons. The Labute approximate surface area is 105 Å². The Morgan fingerprint density at radius 2 is 2.06 bits per heavy atom. The van der Waals surface area contributed by atoms with Crippen LogP contribution in [0.4, 0.5) is 0 Å². The molecule has 1 aliphatic rings. The number of nitrogens with zero attached hydrogens (tertiary/aromatic N) is 2. The molecule has 2 N–H and O–H groups in total. The summed E-state index contributed by atoms with van der Waals surface area (Å²) in [5, 5.41) is 0. The SMILES string of the molecule is CC(C)(N)c1cncn1-c1ccc2c(c1)OCO2. The van der Waals surface area contributed by atoms with Gasteiger partial charge in [0.1, 0.15) is 0 Å². The second-order valence-corrected chi connectivity index (χ2v) is 4.91. The molecule has 0 saturated carbocycles. The lowest BCUT2D eigenvalue weighted by Crippen LogP contribution is -2.31. The van der Waals surface area contributed by atoms with E-state index in [4.69, 9.17) is 15.2 Å². The minimum Gasteiger partial charge on any atom is -0.454 e. The normalized spacial score (nSPS) is 13.9. The molecule has 1 aliphatic heterocycles. The Morgan fingerprint density at radius 1 is 1.28 bits per heavy atom. The predicted molar refractivity (Wildman–Crippen MR) is 66.9 cm³/mol. The van der Waals surface area contributed by atoms with Crippen molar-refractivity contribution >= 4 is 0 Å². The Balaban J connectivity index is 2.08. The number of hydrogen-bond acceptors (Lipinski definition) is 4. The molecule has 0 bridgehead atoms. The Morgan fingerprint density at radius 3 is 2.83 bits per heavy atom. The highest BCUT2D eigenvalue weighted by molar-refractivity contribution is 5.50. The summed E-state index contributed by atoms with van der Waals surface area (Å²) in [5.74, 6) is 1.52. The largest absolute Gasteiger partial charge is 0.454 e. The summed E-state index contributed by atoms with van der Waals surface area (Å²) in [7, 11) is 0. The molecule has 2 heterocycles. The van der Waals surface area contributed by atoms with Crippen LogP contribution in [0.5, 0.6) is 11.5 Å². The van der Waals surface area contributed by atoms with Crippen LogP contribution in [0.1, 0.15) is 19.5 Å². The van der Waals surface area contributed by atoms with Crippen LogP contribution in [0.25, 0.3) is 5.69 Å². The number of benzene rings is 1. The summed E-state index contributed by atoms with van der Waals surface area (Å²) in [4.78, 5) is 4.17. The van der Waals surface area contributed by atoms with Crippen LogP contribution in [0.3, 0.4) is 0 Å². The van der Waals surface area contributed by atoms with E-state index in [0.29, 0.717) is 0 Å². The average molecular weight is 245 g/mol. The molecule has 0 unspecified atom stereocenters. The van der Waals surface area contributed by atoms with Crippen molar-refractivity contribution in [2.45, 2.75) is 19.4 Å². The first-order valence-corrected chi connectivity index (χ1v) is 5.77. The summed E-state index contributed by atoms with van der Waals surface area (Å²) >= 11 is 0. The van der Waals surface area contributed by atoms with Crippen molar-refractivity contribution in [3.8, 4) is 17.2 Å². The van der Waals surface area contributed by atoms with E-state index in [2.05, 4.69) is 4.98 Å². The van der Waals surface area contributed by atoms with Gasteiger partial charge in [0.05, 0.1) is 29.4 Å². The van der Waals surface area contributed by atoms with E-state index in [1.807, 2.05) is 36.6 Å². The maximum Gasteiger partial charge on any atom is 0.231 e. The fourth-order valence-corrected chi connectivity index (χ4v) is 2.01. The highest BCUT2D eigenvalue weighted by Crippen LogP contribution is 2.34. The first-order chi connectivity index (χ1) is 8.55. The highest BCUT2D eigenvalue weighted by Gasteiger charge is 2.21. The molecule has 0 amide bonds. The minimum atomic E-state index is -0.452. The quantitative estimate of drug-likeness (QED) is 0.876. The van der Waals surface area contributed by atoms with Gasteiger partial charge in [-0.1, -0.05) is 0 Å². The van der Waals surface area contributed by atoms with Crippen LogP contribution in [0.2, 0.25) is 0 Å². The minimum absolute atomic E-state index is 0.276. The van der Waals surface area contributed by atoms with Crippen molar-refractivity contribution in [1.29, 1.82) is 0 Å². The second-order valence-electron chi connectivity index (χ2n) is 4.91. The fraction of sp³-hybridized carbons (Fsp3) is 0.308. The number of imidazole rings is 1. The number of fused-ring (bicyclic) bond motifs is 1. The summed E-state index contributed by atoms with van der Waals surface area (Å²) in [6, 6.07) is 5.79. The monoisotopic (exact) mass is 245 g/mol. The Kier molecular flexibility index (Phi) is 2.31. The van der Waals surface area contributed by atoms with E-state index in [1.165, 1.54) is 0 Å². The third-order valence-electron chi connectivity index (χ3n) is 2.93. The summed E-state index contributed by atoms with van der Waals surface area (Å²) in [6.07, 6.45) is 3.53. The van der Waals surface area contributed by atoms with Gasteiger partial charge in [-0.05, 0) is 26.0 Å². The summed E-state index contributed by atoms with van der Waals surface area (Å²) in [5.41, 5.74) is 7.59. The zero-order valence-electron chi connectivity index (χ0n) is 10.4. The van der Waals surface area contributed by atoms with Gasteiger partial charge in [-0.3, -0.25) is 0 Å². The zero-order valence-corrected chi connectivity index (χ0v) is 10.4. The molecule has 3 rings (SSSR count). The van der Waals surface area contributed by atoms with Gasteiger partial charge < -0.3 is 19.8 Å². The van der Waals surface area contributed by atoms with Crippen LogP contribution < -0.4 is 15.2 Å². The van der Waals surface area contributed by atoms with E-state index < -0.39 is 5.54 Å². The summed E-state index contributed by atoms with van der Waals surface area (Å²) < 4.78 is 12.6. The molecule has 0 atom stereocenters. The molecular weight excluding hydrogens is 230 g/mol. The van der Waals surface area contributed by atoms with Gasteiger partial charge in [0.25, 0.3) is 0 Å². The van der Waals surface area contributed by atoms with Crippen molar-refractivity contribution < 1.29 is 9.47 Å². The number of nitrogens with two attached hydrogens (primary N) is 1. The molecule has 5 nitrogen and oxygen atoms in total. The van der Waals surface area contributed by atoms with Gasteiger partial charge in [0.2, 0.25) is 6.79 Å². The van der Waals surface area contributed by atoms with Crippen LogP contribution in [0.15, 0.2) is 30.7 Å². The third-order valence-corrected chi connectivity index (χ3v) is 2.93. The molecule has 94 valence electrons. The van der Waals surface area contributed by atoms with Gasteiger partial charge in [-0.25, -0.2) is 4.98 Å². The summed E-state index contributed by atoms with van der Waals surface area (Å²) in [6.45, 7) is 4.18. The van der Waals surface area contributed by atoms with Crippen LogP contribution >= 0.6 is 0 Å². The molecule has 0 saturated heterocycles. The van der Waals surface area contributed by atoms with Crippen molar-refractivity contribution in [3.05, 3.63) is 36.4 Å². The lowest BCUT2D eigenvalue weighted by atomic mass is 10.0. The first-order valence-electron chi connectivity index (χ1n) is 5.77. The van der Waals surface area contributed by atoms with Crippen molar-refractivity contribution in [2.24, 2.45) is 5.73 Å². The predicted octanol–water partition coefficient (Wildman–Crippen LogP) is 1.79. The number of ether oxygens (including phenoxy) is 2. The van der Waals surface area contributed by atoms with Gasteiger partial charge in [-0.15, -0.1) is 0 Å². The van der Waals surface area contributed by atoms with Gasteiger partial charge in [0.15, 0.2) is 11.5 Å². The van der Waals surface area contributed by atoms with E-state index >= 15 is 0 Å². The van der Waals surface area contributed by atoms with Gasteiger partial charge in [-0.2, -0.15) is 0 Å². The fourth-order valence-electron chi connectivity index (χ4n) is 2.01. The Hall–Kier alpha value is -2.01. The average Bonchev–Trinajstić information content (AvgIpc) is 2.96. The lowest BCUT2D eigenvalue weighted by Gasteiger charge is -2.20. The van der Waals surface area contributed by atoms with Crippen LogP contribution in [-0.4, -0.2) is 16.3 Å². The van der Waals surface area contributed by atoms with E-state index in [-0.39, 0.29) is 6.79 Å². The molecule has 1 aromatic heterocycles. The Bertz CT molecular complexity index is 584. The number of hydrogen-bond donors (Lipinski definition) is 1. The molecule has 2 aromatic rings. The molecule has 1 aromatic carbocycles. The van der Waals surface area contributed by atoms with Crippen molar-refractivity contribution in [1.82, 2.24) is 9.55 Å². The highest BCUT2D eigenvalue weighted by atomic mass is 16.7. The number of rotatable bonds is 2. The van der Waals surface area contributed by atoms with E-state index in [0.717, 1.165) is 22.9 Å². The lowest BCUT2D eigenvalue weighted by molar-refractivity contribution is 0.174. The number of aromatic nitrogens is 2. The molecular formula is C13H15N3O2. The standard InChI is InChI=1S/C13H15N3O2/c1-13(2,14)12-6-15-7-16(12)9-3-4-10-11(5-9)18-8-17-10/h3-7H,8,14H2,1-2H3. The topological polar surface area (TPSA) is 62.3 Å². The van der Waals surface area contributed by atoms with Gasteiger partial charge in [0, 0.05) is 6.07 Å².